The second-order valence-electron chi connectivity index (χ2n) is 5.98. The number of ether oxygens (including phenoxy) is 1. The molecule has 4 nitrogen and oxygen atoms in total. The van der Waals surface area contributed by atoms with E-state index in [1.165, 1.54) is 36.5 Å². The zero-order valence-corrected chi connectivity index (χ0v) is 14.6. The first-order valence-corrected chi connectivity index (χ1v) is 8.33. The first kappa shape index (κ1) is 19.4. The Morgan fingerprint density at radius 2 is 1.96 bits per heavy atom. The van der Waals surface area contributed by atoms with E-state index in [2.05, 4.69) is 9.72 Å². The first-order chi connectivity index (χ1) is 13.5. The number of rotatable bonds is 6. The SMILES string of the molecule is N#Cc1cccc(-c2c(OC(F)F)ccc(Cc3ccc(CO)nc3)c2F)c1. The summed E-state index contributed by atoms with van der Waals surface area (Å²) in [5, 5.41) is 18.1. The van der Waals surface area contributed by atoms with Gasteiger partial charge in [0.2, 0.25) is 0 Å². The van der Waals surface area contributed by atoms with Gasteiger partial charge < -0.3 is 9.84 Å². The fraction of sp³-hybridized carbons (Fsp3) is 0.143. The van der Waals surface area contributed by atoms with Crippen molar-refractivity contribution in [3.63, 3.8) is 0 Å². The van der Waals surface area contributed by atoms with E-state index >= 15 is 4.39 Å². The molecule has 0 aliphatic heterocycles. The fourth-order valence-electron chi connectivity index (χ4n) is 2.82. The molecule has 0 radical (unpaired) electrons. The number of hydrogen-bond acceptors (Lipinski definition) is 4. The van der Waals surface area contributed by atoms with Crippen molar-refractivity contribution in [3.8, 4) is 22.9 Å². The molecule has 0 aliphatic carbocycles. The summed E-state index contributed by atoms with van der Waals surface area (Å²) in [4.78, 5) is 4.05. The summed E-state index contributed by atoms with van der Waals surface area (Å²) in [6, 6.07) is 14.0. The van der Waals surface area contributed by atoms with Crippen LogP contribution in [0.4, 0.5) is 13.2 Å². The summed E-state index contributed by atoms with van der Waals surface area (Å²) in [5.74, 6) is -1.01. The maximum absolute atomic E-state index is 15.3. The van der Waals surface area contributed by atoms with Gasteiger partial charge in [-0.25, -0.2) is 4.39 Å². The molecule has 0 amide bonds. The number of hydrogen-bond donors (Lipinski definition) is 1. The van der Waals surface area contributed by atoms with Crippen molar-refractivity contribution in [2.45, 2.75) is 19.6 Å². The van der Waals surface area contributed by atoms with E-state index in [4.69, 9.17) is 10.4 Å². The highest BCUT2D eigenvalue weighted by Crippen LogP contribution is 2.36. The summed E-state index contributed by atoms with van der Waals surface area (Å²) < 4.78 is 45.3. The van der Waals surface area contributed by atoms with Gasteiger partial charge in [0.05, 0.1) is 29.5 Å². The van der Waals surface area contributed by atoms with Crippen LogP contribution in [0.3, 0.4) is 0 Å². The van der Waals surface area contributed by atoms with Gasteiger partial charge in [-0.2, -0.15) is 14.0 Å². The van der Waals surface area contributed by atoms with Gasteiger partial charge in [0, 0.05) is 12.6 Å². The van der Waals surface area contributed by atoms with Crippen LogP contribution in [-0.2, 0) is 13.0 Å². The highest BCUT2D eigenvalue weighted by Gasteiger charge is 2.19. The van der Waals surface area contributed by atoms with Gasteiger partial charge in [-0.15, -0.1) is 0 Å². The van der Waals surface area contributed by atoms with Crippen molar-refractivity contribution in [2.75, 3.05) is 0 Å². The lowest BCUT2D eigenvalue weighted by Gasteiger charge is -2.15. The lowest BCUT2D eigenvalue weighted by Crippen LogP contribution is -2.06. The summed E-state index contributed by atoms with van der Waals surface area (Å²) in [6.45, 7) is -3.31. The number of aromatic nitrogens is 1. The molecule has 28 heavy (non-hydrogen) atoms. The predicted octanol–water partition coefficient (Wildman–Crippen LogP) is 4.44. The van der Waals surface area contributed by atoms with Crippen LogP contribution in [0, 0.1) is 17.1 Å². The molecule has 3 aromatic rings. The number of benzene rings is 2. The van der Waals surface area contributed by atoms with Crippen LogP contribution in [0.5, 0.6) is 5.75 Å². The van der Waals surface area contributed by atoms with Gasteiger partial charge >= 0.3 is 6.61 Å². The van der Waals surface area contributed by atoms with Gasteiger partial charge in [-0.3, -0.25) is 4.98 Å². The Kier molecular flexibility index (Phi) is 5.92. The van der Waals surface area contributed by atoms with Crippen LogP contribution < -0.4 is 4.74 Å². The van der Waals surface area contributed by atoms with Crippen LogP contribution in [0.2, 0.25) is 0 Å². The Morgan fingerprint density at radius 3 is 2.61 bits per heavy atom. The van der Waals surface area contributed by atoms with Crippen molar-refractivity contribution in [2.24, 2.45) is 0 Å². The topological polar surface area (TPSA) is 66.1 Å². The summed E-state index contributed by atoms with van der Waals surface area (Å²) in [6.07, 6.45) is 1.69. The molecule has 1 aromatic heterocycles. The van der Waals surface area contributed by atoms with Crippen LogP contribution in [0.15, 0.2) is 54.7 Å². The molecule has 0 unspecified atom stereocenters. The Bertz CT molecular complexity index is 1020. The first-order valence-electron chi connectivity index (χ1n) is 8.33. The zero-order valence-electron chi connectivity index (χ0n) is 14.6. The molecule has 0 aliphatic rings. The largest absolute Gasteiger partial charge is 0.434 e. The average Bonchev–Trinajstić information content (AvgIpc) is 2.70. The van der Waals surface area contributed by atoms with Crippen LogP contribution >= 0.6 is 0 Å². The molecule has 1 heterocycles. The molecule has 0 spiro atoms. The van der Waals surface area contributed by atoms with Gasteiger partial charge in [-0.05, 0) is 41.0 Å². The van der Waals surface area contributed by atoms with Crippen molar-refractivity contribution in [1.82, 2.24) is 4.98 Å². The van der Waals surface area contributed by atoms with Gasteiger partial charge in [0.25, 0.3) is 0 Å². The number of pyridine rings is 1. The van der Waals surface area contributed by atoms with E-state index in [1.54, 1.807) is 18.2 Å². The predicted molar refractivity (Wildman–Crippen MR) is 96.1 cm³/mol. The fourth-order valence-corrected chi connectivity index (χ4v) is 2.82. The number of alkyl halides is 2. The maximum atomic E-state index is 15.3. The third kappa shape index (κ3) is 4.30. The number of nitriles is 1. The molecular weight excluding hydrogens is 369 g/mol. The third-order valence-electron chi connectivity index (χ3n) is 4.12. The summed E-state index contributed by atoms with van der Waals surface area (Å²) in [7, 11) is 0. The van der Waals surface area contributed by atoms with Gasteiger partial charge in [-0.1, -0.05) is 24.3 Å². The molecule has 0 fully saturated rings. The van der Waals surface area contributed by atoms with Crippen LogP contribution in [0.25, 0.3) is 11.1 Å². The summed E-state index contributed by atoms with van der Waals surface area (Å²) in [5.41, 5.74) is 1.85. The second-order valence-corrected chi connectivity index (χ2v) is 5.98. The normalized spacial score (nSPS) is 10.7. The number of aliphatic hydroxyl groups is 1. The van der Waals surface area contributed by atoms with Crippen LogP contribution in [0.1, 0.15) is 22.4 Å². The number of halogens is 3. The van der Waals surface area contributed by atoms with E-state index < -0.39 is 12.4 Å². The molecule has 0 saturated carbocycles. The number of nitrogens with zero attached hydrogens (tertiary/aromatic N) is 2. The minimum absolute atomic E-state index is 0.130. The molecule has 7 heteroatoms. The van der Waals surface area contributed by atoms with Crippen LogP contribution in [-0.4, -0.2) is 16.7 Å². The highest BCUT2D eigenvalue weighted by atomic mass is 19.3. The van der Waals surface area contributed by atoms with E-state index in [0.29, 0.717) is 11.3 Å². The average molecular weight is 384 g/mol. The second kappa shape index (κ2) is 8.55. The lowest BCUT2D eigenvalue weighted by molar-refractivity contribution is -0.0495. The minimum Gasteiger partial charge on any atom is -0.434 e. The monoisotopic (exact) mass is 384 g/mol. The van der Waals surface area contributed by atoms with Crippen molar-refractivity contribution in [3.05, 3.63) is 82.9 Å². The van der Waals surface area contributed by atoms with Gasteiger partial charge in [0.1, 0.15) is 11.6 Å². The van der Waals surface area contributed by atoms with E-state index in [0.717, 1.165) is 0 Å². The molecule has 0 atom stereocenters. The van der Waals surface area contributed by atoms with Crippen molar-refractivity contribution >= 4 is 0 Å². The Labute approximate surface area is 159 Å². The van der Waals surface area contributed by atoms with E-state index in [1.807, 2.05) is 6.07 Å². The van der Waals surface area contributed by atoms with Gasteiger partial charge in [0.15, 0.2) is 0 Å². The highest BCUT2D eigenvalue weighted by molar-refractivity contribution is 5.73. The number of aliphatic hydroxyl groups excluding tert-OH is 1. The van der Waals surface area contributed by atoms with E-state index in [-0.39, 0.29) is 41.0 Å². The van der Waals surface area contributed by atoms with E-state index in [9.17, 15) is 8.78 Å². The standard InChI is InChI=1S/C21H15F3N2O2/c22-20-16(9-14-4-6-17(12-27)26-11-14)5-7-18(28-21(23)24)19(20)15-3-1-2-13(8-15)10-25/h1-8,11,21,27H,9,12H2. The van der Waals surface area contributed by atoms with Crippen molar-refractivity contribution < 1.29 is 23.0 Å². The Balaban J connectivity index is 2.06. The maximum Gasteiger partial charge on any atom is 0.387 e. The quantitative estimate of drug-likeness (QED) is 0.682. The molecule has 0 saturated heterocycles. The smallest absolute Gasteiger partial charge is 0.387 e. The third-order valence-corrected chi connectivity index (χ3v) is 4.12. The molecule has 1 N–H and O–H groups in total. The Hall–Kier alpha value is -3.37. The molecule has 3 rings (SSSR count). The minimum atomic E-state index is -3.11. The van der Waals surface area contributed by atoms with Crippen molar-refractivity contribution in [1.29, 1.82) is 5.26 Å². The summed E-state index contributed by atoms with van der Waals surface area (Å²) >= 11 is 0. The molecule has 2 aromatic carbocycles. The lowest BCUT2D eigenvalue weighted by atomic mass is 9.96. The molecule has 0 bridgehead atoms. The molecule has 142 valence electrons. The molecular formula is C21H15F3N2O2. The zero-order chi connectivity index (χ0) is 20.1. The Morgan fingerprint density at radius 1 is 1.14 bits per heavy atom.